The van der Waals surface area contributed by atoms with Gasteiger partial charge in [0.25, 0.3) is 5.91 Å². The van der Waals surface area contributed by atoms with E-state index in [1.165, 1.54) is 0 Å². The van der Waals surface area contributed by atoms with Crippen molar-refractivity contribution in [2.24, 2.45) is 0 Å². The van der Waals surface area contributed by atoms with E-state index in [0.29, 0.717) is 25.3 Å². The maximum atomic E-state index is 12.6. The number of aryl methyl sites for hydroxylation is 2. The average Bonchev–Trinajstić information content (AvgIpc) is 2.89. The van der Waals surface area contributed by atoms with Crippen LogP contribution in [-0.4, -0.2) is 57.7 Å². The van der Waals surface area contributed by atoms with Crippen LogP contribution in [0.25, 0.3) is 0 Å². The Morgan fingerprint density at radius 2 is 2.05 bits per heavy atom. The van der Waals surface area contributed by atoms with Crippen LogP contribution in [0.5, 0.6) is 0 Å². The minimum atomic E-state index is -0.0364. The molecule has 0 saturated carbocycles. The van der Waals surface area contributed by atoms with Crippen LogP contribution < -0.4 is 0 Å². The molecule has 1 atom stereocenters. The number of hydrogen-bond donors (Lipinski definition) is 0. The van der Waals surface area contributed by atoms with Crippen molar-refractivity contribution < 1.29 is 4.79 Å². The third-order valence-electron chi connectivity index (χ3n) is 4.00. The predicted octanol–water partition coefficient (Wildman–Crippen LogP) is 1.27. The Bertz CT molecular complexity index is 537. The zero-order chi connectivity index (χ0) is 15.4. The Labute approximate surface area is 125 Å². The Kier molecular flexibility index (Phi) is 4.97. The molecule has 0 spiro atoms. The molecule has 114 valence electrons. The van der Waals surface area contributed by atoms with Crippen LogP contribution >= 0.6 is 0 Å². The predicted molar refractivity (Wildman–Crippen MR) is 79.8 cm³/mol. The lowest BCUT2D eigenvalue weighted by molar-refractivity contribution is 0.0593. The Balaban J connectivity index is 2.02. The summed E-state index contributed by atoms with van der Waals surface area (Å²) in [4.78, 5) is 16.6. The van der Waals surface area contributed by atoms with E-state index < -0.39 is 0 Å². The van der Waals surface area contributed by atoms with Crippen LogP contribution in [0.3, 0.4) is 0 Å². The topological polar surface area (TPSA) is 65.2 Å². The molecule has 0 bridgehead atoms. The molecule has 1 saturated heterocycles. The van der Waals surface area contributed by atoms with E-state index in [1.54, 1.807) is 4.68 Å². The molecule has 1 unspecified atom stereocenters. The highest BCUT2D eigenvalue weighted by atomic mass is 16.2. The second kappa shape index (κ2) is 6.72. The van der Waals surface area contributed by atoms with Crippen molar-refractivity contribution in [2.75, 3.05) is 26.2 Å². The second-order valence-electron chi connectivity index (χ2n) is 5.37. The van der Waals surface area contributed by atoms with Crippen molar-refractivity contribution in [3.63, 3.8) is 0 Å². The number of carbonyl (C=O) groups excluding carboxylic acids is 1. The van der Waals surface area contributed by atoms with Gasteiger partial charge in [0.05, 0.1) is 17.8 Å². The maximum Gasteiger partial charge on any atom is 0.272 e. The van der Waals surface area contributed by atoms with E-state index in [4.69, 9.17) is 5.26 Å². The summed E-state index contributed by atoms with van der Waals surface area (Å²) in [6, 6.07) is 4.14. The van der Waals surface area contributed by atoms with Crippen molar-refractivity contribution in [1.82, 2.24) is 19.6 Å². The molecule has 1 aromatic rings. The standard InChI is InChI=1S/C15H23N5O/c1-4-13(11-16)18-6-8-19(9-7-18)15(21)14-10-12(3)17-20(14)5-2/h10,13H,4-9H2,1-3H3. The maximum absolute atomic E-state index is 12.6. The van der Waals surface area contributed by atoms with Gasteiger partial charge in [-0.2, -0.15) is 10.4 Å². The van der Waals surface area contributed by atoms with Crippen molar-refractivity contribution >= 4 is 5.91 Å². The van der Waals surface area contributed by atoms with E-state index in [-0.39, 0.29) is 11.9 Å². The quantitative estimate of drug-likeness (QED) is 0.837. The number of aromatic nitrogens is 2. The molecule has 0 aliphatic carbocycles. The van der Waals surface area contributed by atoms with Crippen molar-refractivity contribution in [3.8, 4) is 6.07 Å². The van der Waals surface area contributed by atoms with Crippen molar-refractivity contribution in [3.05, 3.63) is 17.5 Å². The third kappa shape index (κ3) is 3.24. The van der Waals surface area contributed by atoms with Crippen molar-refractivity contribution in [2.45, 2.75) is 39.8 Å². The highest BCUT2D eigenvalue weighted by molar-refractivity contribution is 5.92. The molecule has 21 heavy (non-hydrogen) atoms. The first-order valence-corrected chi connectivity index (χ1v) is 7.58. The first kappa shape index (κ1) is 15.5. The largest absolute Gasteiger partial charge is 0.335 e. The second-order valence-corrected chi connectivity index (χ2v) is 5.37. The number of piperazine rings is 1. The number of hydrogen-bond acceptors (Lipinski definition) is 4. The van der Waals surface area contributed by atoms with E-state index in [0.717, 1.165) is 25.2 Å². The van der Waals surface area contributed by atoms with Gasteiger partial charge in [-0.15, -0.1) is 0 Å². The summed E-state index contributed by atoms with van der Waals surface area (Å²) in [5, 5.41) is 13.4. The summed E-state index contributed by atoms with van der Waals surface area (Å²) in [5.41, 5.74) is 1.53. The van der Waals surface area contributed by atoms with Crippen LogP contribution in [0, 0.1) is 18.3 Å². The molecule has 6 heteroatoms. The minimum Gasteiger partial charge on any atom is -0.335 e. The van der Waals surface area contributed by atoms with Gasteiger partial charge in [0.15, 0.2) is 0 Å². The van der Waals surface area contributed by atoms with E-state index >= 15 is 0 Å². The molecule has 6 nitrogen and oxygen atoms in total. The summed E-state index contributed by atoms with van der Waals surface area (Å²) < 4.78 is 1.76. The molecular formula is C15H23N5O. The summed E-state index contributed by atoms with van der Waals surface area (Å²) in [5.74, 6) is 0.0436. The van der Waals surface area contributed by atoms with E-state index in [2.05, 4.69) is 16.1 Å². The van der Waals surface area contributed by atoms with Crippen LogP contribution in [0.2, 0.25) is 0 Å². The fraction of sp³-hybridized carbons (Fsp3) is 0.667. The molecule has 0 radical (unpaired) electrons. The molecule has 2 rings (SSSR count). The SMILES string of the molecule is CCC(C#N)N1CCN(C(=O)c2cc(C)nn2CC)CC1. The van der Waals surface area contributed by atoms with Gasteiger partial charge in [0.2, 0.25) is 0 Å². The van der Waals surface area contributed by atoms with Gasteiger partial charge in [0.1, 0.15) is 5.69 Å². The fourth-order valence-electron chi connectivity index (χ4n) is 2.79. The van der Waals surface area contributed by atoms with Crippen molar-refractivity contribution in [1.29, 1.82) is 5.26 Å². The monoisotopic (exact) mass is 289 g/mol. The van der Waals surface area contributed by atoms with Gasteiger partial charge in [0, 0.05) is 32.7 Å². The van der Waals surface area contributed by atoms with Crippen LogP contribution in [-0.2, 0) is 6.54 Å². The van der Waals surface area contributed by atoms with Crippen LogP contribution in [0.15, 0.2) is 6.07 Å². The zero-order valence-corrected chi connectivity index (χ0v) is 13.0. The third-order valence-corrected chi connectivity index (χ3v) is 4.00. The Hall–Kier alpha value is -1.87. The number of nitrogens with zero attached hydrogens (tertiary/aromatic N) is 5. The number of amides is 1. The van der Waals surface area contributed by atoms with Gasteiger partial charge in [-0.3, -0.25) is 14.4 Å². The molecule has 1 fully saturated rings. The molecule has 0 N–H and O–H groups in total. The van der Waals surface area contributed by atoms with E-state index in [9.17, 15) is 4.79 Å². The van der Waals surface area contributed by atoms with Gasteiger partial charge < -0.3 is 4.90 Å². The first-order valence-electron chi connectivity index (χ1n) is 7.58. The highest BCUT2D eigenvalue weighted by Gasteiger charge is 2.27. The van der Waals surface area contributed by atoms with Crippen LogP contribution in [0.1, 0.15) is 36.5 Å². The summed E-state index contributed by atoms with van der Waals surface area (Å²) in [7, 11) is 0. The lowest BCUT2D eigenvalue weighted by Gasteiger charge is -2.36. The highest BCUT2D eigenvalue weighted by Crippen LogP contribution is 2.13. The summed E-state index contributed by atoms with van der Waals surface area (Å²) in [6.07, 6.45) is 0.826. The van der Waals surface area contributed by atoms with Gasteiger partial charge in [-0.25, -0.2) is 0 Å². The lowest BCUT2D eigenvalue weighted by atomic mass is 10.1. The first-order chi connectivity index (χ1) is 10.1. The Morgan fingerprint density at radius 3 is 2.57 bits per heavy atom. The number of nitriles is 1. The normalized spacial score (nSPS) is 17.5. The summed E-state index contributed by atoms with van der Waals surface area (Å²) >= 11 is 0. The van der Waals surface area contributed by atoms with E-state index in [1.807, 2.05) is 31.7 Å². The fourth-order valence-corrected chi connectivity index (χ4v) is 2.79. The number of rotatable bonds is 4. The molecule has 0 aromatic carbocycles. The molecule has 1 aromatic heterocycles. The zero-order valence-electron chi connectivity index (χ0n) is 13.0. The van der Waals surface area contributed by atoms with Gasteiger partial charge in [-0.1, -0.05) is 6.92 Å². The minimum absolute atomic E-state index is 0.0364. The Morgan fingerprint density at radius 1 is 1.38 bits per heavy atom. The molecule has 2 heterocycles. The van der Waals surface area contributed by atoms with Crippen LogP contribution in [0.4, 0.5) is 0 Å². The molecular weight excluding hydrogens is 266 g/mol. The smallest absolute Gasteiger partial charge is 0.272 e. The molecule has 1 aliphatic heterocycles. The lowest BCUT2D eigenvalue weighted by Crippen LogP contribution is -2.51. The number of carbonyl (C=O) groups is 1. The van der Waals surface area contributed by atoms with Gasteiger partial charge in [-0.05, 0) is 26.3 Å². The summed E-state index contributed by atoms with van der Waals surface area (Å²) in [6.45, 7) is 9.47. The molecule has 1 aliphatic rings. The average molecular weight is 289 g/mol. The van der Waals surface area contributed by atoms with Gasteiger partial charge >= 0.3 is 0 Å². The molecule has 1 amide bonds.